The Kier molecular flexibility index (Phi) is 16.4. The molecule has 3 aliphatic rings. The van der Waals surface area contributed by atoms with Gasteiger partial charge < -0.3 is 58.3 Å². The number of aryl methyl sites for hydroxylation is 6. The standard InChI is InChI=1S/C20H25N7O.C20H24N6O2.C19H22N6O2/c1-5-13-6-19(27-10-14(11-27)20(28)21-2)23-9-17(13)26(4)18-7-16-15(8-22-18)24-12-25(16)3;1-5-13-6-19(26-10-14(11-26)20(27)28-4)22-9-17(13)25(3)18-7-16-15(8-21-18)23-12-24(16)2;1-4-12-5-18(25-9-13(10-25)19(26)27)21-8-16(12)24(3)17-6-15-14(7-20-17)22-11-23(15)2/h6-9,12,14H,5,10-11H2,1-4H3,(H,21,28);6-9,12,14H,5,10-11H2,1-4H3;5-8,11,13H,4,9-10H2,1-3H3,(H,26,27). The Morgan fingerprint density at radius 2 is 0.831 bits per heavy atom. The number of carboxylic acid groups (broad SMARTS) is 1. The van der Waals surface area contributed by atoms with Crippen molar-refractivity contribution < 1.29 is 24.2 Å². The Bertz CT molecular complexity index is 3670. The first kappa shape index (κ1) is 56.8. The first-order valence-corrected chi connectivity index (χ1v) is 27.8. The molecule has 0 aromatic carbocycles. The third-order valence-corrected chi connectivity index (χ3v) is 16.0. The number of anilines is 9. The zero-order valence-electron chi connectivity index (χ0n) is 48.9. The van der Waals surface area contributed by atoms with Gasteiger partial charge in [0, 0.05) is 107 Å². The summed E-state index contributed by atoms with van der Waals surface area (Å²) in [6.45, 7) is 10.1. The van der Waals surface area contributed by atoms with Crippen molar-refractivity contribution in [3.05, 3.63) is 109 Å². The van der Waals surface area contributed by atoms with Gasteiger partial charge >= 0.3 is 11.9 Å². The molecule has 0 saturated carbocycles. The highest BCUT2D eigenvalue weighted by Crippen LogP contribution is 2.35. The van der Waals surface area contributed by atoms with E-state index in [1.807, 2.05) is 109 Å². The predicted octanol–water partition coefficient (Wildman–Crippen LogP) is 6.39. The quantitative estimate of drug-likeness (QED) is 0.106. The van der Waals surface area contributed by atoms with E-state index in [-0.39, 0.29) is 29.6 Å². The van der Waals surface area contributed by atoms with Gasteiger partial charge in [0.15, 0.2) is 0 Å². The third kappa shape index (κ3) is 11.4. The fourth-order valence-electron chi connectivity index (χ4n) is 10.5. The van der Waals surface area contributed by atoms with Crippen molar-refractivity contribution in [2.45, 2.75) is 40.0 Å². The topological polar surface area (TPSA) is 243 Å². The Labute approximate surface area is 481 Å². The van der Waals surface area contributed by atoms with Crippen molar-refractivity contribution in [3.63, 3.8) is 0 Å². The number of pyridine rings is 6. The maximum absolute atomic E-state index is 11.7. The van der Waals surface area contributed by atoms with Crippen molar-refractivity contribution in [1.82, 2.24) is 63.9 Å². The van der Waals surface area contributed by atoms with E-state index in [1.165, 1.54) is 18.2 Å². The molecule has 24 nitrogen and oxygen atoms in total. The van der Waals surface area contributed by atoms with Crippen molar-refractivity contribution in [1.29, 1.82) is 0 Å². The van der Waals surface area contributed by atoms with Crippen LogP contribution in [0.15, 0.2) is 92.6 Å². The van der Waals surface area contributed by atoms with Crippen molar-refractivity contribution >= 4 is 103 Å². The summed E-state index contributed by atoms with van der Waals surface area (Å²) in [6.07, 6.45) is 19.0. The lowest BCUT2D eigenvalue weighted by atomic mass is 9.99. The van der Waals surface area contributed by atoms with Gasteiger partial charge in [0.2, 0.25) is 5.91 Å². The molecule has 0 atom stereocenters. The van der Waals surface area contributed by atoms with E-state index in [2.05, 4.69) is 103 Å². The molecule has 24 heteroatoms. The second-order valence-corrected chi connectivity index (χ2v) is 21.2. The van der Waals surface area contributed by atoms with Gasteiger partial charge in [0.05, 0.1) is 115 Å². The summed E-state index contributed by atoms with van der Waals surface area (Å²) in [5, 5.41) is 11.8. The van der Waals surface area contributed by atoms with Gasteiger partial charge in [-0.25, -0.2) is 44.9 Å². The monoisotopic (exact) mass is 1130 g/mol. The molecule has 0 unspecified atom stereocenters. The average molecular weight is 1130 g/mol. The highest BCUT2D eigenvalue weighted by molar-refractivity contribution is 5.84. The van der Waals surface area contributed by atoms with Gasteiger partial charge in [-0.15, -0.1) is 0 Å². The number of rotatable bonds is 15. The molecule has 0 aliphatic carbocycles. The number of carboxylic acids is 1. The maximum Gasteiger partial charge on any atom is 0.312 e. The number of amides is 1. The minimum atomic E-state index is -0.741. The zero-order valence-corrected chi connectivity index (χ0v) is 48.9. The van der Waals surface area contributed by atoms with E-state index < -0.39 is 5.97 Å². The van der Waals surface area contributed by atoms with Crippen molar-refractivity contribution in [2.24, 2.45) is 38.9 Å². The molecular formula is C59H71N19O5. The second kappa shape index (κ2) is 23.9. The summed E-state index contributed by atoms with van der Waals surface area (Å²) < 4.78 is 10.8. The van der Waals surface area contributed by atoms with Crippen LogP contribution >= 0.6 is 0 Å². The molecule has 83 heavy (non-hydrogen) atoms. The van der Waals surface area contributed by atoms with Crippen LogP contribution in [0.25, 0.3) is 33.1 Å². The van der Waals surface area contributed by atoms with Gasteiger partial charge in [-0.3, -0.25) is 14.4 Å². The van der Waals surface area contributed by atoms with Gasteiger partial charge in [-0.05, 0) is 54.2 Å². The molecular weight excluding hydrogens is 1050 g/mol. The molecule has 0 radical (unpaired) electrons. The lowest BCUT2D eigenvalue weighted by Gasteiger charge is -2.39. The van der Waals surface area contributed by atoms with E-state index in [0.29, 0.717) is 39.3 Å². The molecule has 9 aromatic rings. The van der Waals surface area contributed by atoms with Crippen molar-refractivity contribution in [3.8, 4) is 0 Å². The molecule has 2 N–H and O–H groups in total. The van der Waals surface area contributed by atoms with Crippen LogP contribution in [-0.2, 0) is 59.5 Å². The van der Waals surface area contributed by atoms with E-state index in [4.69, 9.17) is 9.84 Å². The lowest BCUT2D eigenvalue weighted by molar-refractivity contribution is -0.146. The zero-order chi connectivity index (χ0) is 58.8. The predicted molar refractivity (Wildman–Crippen MR) is 321 cm³/mol. The number of imidazole rings is 3. The lowest BCUT2D eigenvalue weighted by Crippen LogP contribution is -2.53. The van der Waals surface area contributed by atoms with Gasteiger partial charge in [0.25, 0.3) is 0 Å². The minimum absolute atomic E-state index is 0.0500. The van der Waals surface area contributed by atoms with Crippen LogP contribution in [0.5, 0.6) is 0 Å². The molecule has 0 spiro atoms. The highest BCUT2D eigenvalue weighted by atomic mass is 16.5. The van der Waals surface area contributed by atoms with Gasteiger partial charge in [-0.1, -0.05) is 20.8 Å². The van der Waals surface area contributed by atoms with Gasteiger partial charge in [0.1, 0.15) is 51.5 Å². The molecule has 12 rings (SSSR count). The molecule has 12 heterocycles. The number of nitrogens with one attached hydrogen (secondary N) is 1. The maximum atomic E-state index is 11.7. The fourth-order valence-corrected chi connectivity index (χ4v) is 10.5. The number of nitrogens with zero attached hydrogens (tertiary/aromatic N) is 18. The summed E-state index contributed by atoms with van der Waals surface area (Å²) in [5.74, 6) is 4.06. The minimum Gasteiger partial charge on any atom is -0.481 e. The molecule has 0 bridgehead atoms. The number of hydrogen-bond acceptors (Lipinski definition) is 19. The normalized spacial score (nSPS) is 14.3. The van der Waals surface area contributed by atoms with Crippen LogP contribution in [-0.4, -0.2) is 156 Å². The summed E-state index contributed by atoms with van der Waals surface area (Å²) in [7, 11) is 15.0. The second-order valence-electron chi connectivity index (χ2n) is 21.2. The number of ether oxygens (including phenoxy) is 1. The van der Waals surface area contributed by atoms with Crippen LogP contribution in [0.4, 0.5) is 52.0 Å². The van der Waals surface area contributed by atoms with Gasteiger partial charge in [-0.2, -0.15) is 0 Å². The molecule has 3 fully saturated rings. The summed E-state index contributed by atoms with van der Waals surface area (Å²) in [6, 6.07) is 12.4. The number of aliphatic carboxylic acids is 1. The Morgan fingerprint density at radius 3 is 1.13 bits per heavy atom. The fraction of sp³-hybridized carbons (Fsp3) is 0.390. The summed E-state index contributed by atoms with van der Waals surface area (Å²) in [5.41, 5.74) is 12.3. The van der Waals surface area contributed by atoms with Crippen molar-refractivity contribution in [2.75, 3.05) is 104 Å². The molecule has 432 valence electrons. The summed E-state index contributed by atoms with van der Waals surface area (Å²) >= 11 is 0. The van der Waals surface area contributed by atoms with E-state index in [1.54, 1.807) is 44.6 Å². The summed E-state index contributed by atoms with van der Waals surface area (Å²) in [4.78, 5) is 87.2. The average Bonchev–Trinajstić information content (AvgIpc) is 4.34. The smallest absolute Gasteiger partial charge is 0.312 e. The number of esters is 1. The molecule has 9 aromatic heterocycles. The third-order valence-electron chi connectivity index (χ3n) is 16.0. The van der Waals surface area contributed by atoms with Crippen LogP contribution in [0, 0.1) is 17.8 Å². The Balaban J connectivity index is 0.000000139. The first-order chi connectivity index (χ1) is 40.0. The molecule has 3 saturated heterocycles. The largest absolute Gasteiger partial charge is 0.481 e. The number of aromatic nitrogens is 12. The van der Waals surface area contributed by atoms with E-state index in [9.17, 15) is 14.4 Å². The molecule has 3 aliphatic heterocycles. The van der Waals surface area contributed by atoms with E-state index in [0.717, 1.165) is 110 Å². The van der Waals surface area contributed by atoms with Crippen LogP contribution in [0.2, 0.25) is 0 Å². The number of methoxy groups -OCH3 is 1. The Morgan fingerprint density at radius 1 is 0.506 bits per heavy atom. The number of carbonyl (C=O) groups excluding carboxylic acids is 2. The van der Waals surface area contributed by atoms with E-state index >= 15 is 0 Å². The first-order valence-electron chi connectivity index (χ1n) is 27.8. The number of carbonyl (C=O) groups is 3. The van der Waals surface area contributed by atoms with Crippen LogP contribution in [0.3, 0.4) is 0 Å². The van der Waals surface area contributed by atoms with Crippen LogP contribution < -0.4 is 34.7 Å². The van der Waals surface area contributed by atoms with Crippen LogP contribution in [0.1, 0.15) is 37.5 Å². The Hall–Kier alpha value is -9.48. The SMILES string of the molecule is CCc1cc(N2CC(C(=O)NC)C2)ncc1N(C)c1cc2c(cn1)ncn2C.CCc1cc(N2CC(C(=O)O)C2)ncc1N(C)c1cc2c(cn1)ncn2C.CCc1cc(N2CC(C(=O)OC)C2)ncc1N(C)c1cc2c(cn1)ncn2C. The number of fused-ring (bicyclic) bond motifs is 3. The molecule has 1 amide bonds. The number of hydrogen-bond donors (Lipinski definition) is 2. The highest BCUT2D eigenvalue weighted by Gasteiger charge is 2.36.